The molecule has 1 aromatic rings. The van der Waals surface area contributed by atoms with Gasteiger partial charge in [0.1, 0.15) is 0 Å². The number of hydrogen-bond acceptors (Lipinski definition) is 6. The third-order valence-electron chi connectivity index (χ3n) is 3.51. The van der Waals surface area contributed by atoms with E-state index >= 15 is 0 Å². The second kappa shape index (κ2) is 5.37. The van der Waals surface area contributed by atoms with Gasteiger partial charge in [0.25, 0.3) is 0 Å². The van der Waals surface area contributed by atoms with Gasteiger partial charge < -0.3 is 15.4 Å². The van der Waals surface area contributed by atoms with Crippen LogP contribution in [0.1, 0.15) is 27.2 Å². The van der Waals surface area contributed by atoms with Crippen LogP contribution < -0.4 is 15.4 Å². The summed E-state index contributed by atoms with van der Waals surface area (Å²) in [5.74, 6) is 2.22. The lowest BCUT2D eigenvalue weighted by atomic mass is 9.89. The zero-order chi connectivity index (χ0) is 13.1. The van der Waals surface area contributed by atoms with Crippen LogP contribution in [0, 0.1) is 11.8 Å². The molecule has 1 saturated heterocycles. The molecule has 18 heavy (non-hydrogen) atoms. The van der Waals surface area contributed by atoms with E-state index in [1.807, 2.05) is 6.92 Å². The zero-order valence-electron chi connectivity index (χ0n) is 11.3. The molecule has 2 unspecified atom stereocenters. The summed E-state index contributed by atoms with van der Waals surface area (Å²) in [6.07, 6.45) is 1.15. The average Bonchev–Trinajstić information content (AvgIpc) is 2.32. The van der Waals surface area contributed by atoms with Gasteiger partial charge in [-0.05, 0) is 25.2 Å². The number of rotatable bonds is 3. The largest absolute Gasteiger partial charge is 0.464 e. The Balaban J connectivity index is 2.17. The van der Waals surface area contributed by atoms with Gasteiger partial charge in [-0.15, -0.1) is 0 Å². The lowest BCUT2D eigenvalue weighted by Crippen LogP contribution is -2.39. The molecular weight excluding hydrogens is 230 g/mol. The number of aromatic nitrogens is 3. The molecule has 0 saturated carbocycles. The molecule has 6 heteroatoms. The molecule has 6 nitrogen and oxygen atoms in total. The summed E-state index contributed by atoms with van der Waals surface area (Å²) in [4.78, 5) is 14.6. The summed E-state index contributed by atoms with van der Waals surface area (Å²) < 4.78 is 5.30. The van der Waals surface area contributed by atoms with Crippen molar-refractivity contribution in [1.29, 1.82) is 0 Å². The summed E-state index contributed by atoms with van der Waals surface area (Å²) in [6, 6.07) is 0.311. The van der Waals surface area contributed by atoms with Crippen molar-refractivity contribution in [3.05, 3.63) is 0 Å². The molecule has 0 aromatic carbocycles. The van der Waals surface area contributed by atoms with E-state index in [4.69, 9.17) is 10.5 Å². The fraction of sp³-hybridized carbons (Fsp3) is 0.750. The van der Waals surface area contributed by atoms with Gasteiger partial charge in [-0.1, -0.05) is 13.8 Å². The van der Waals surface area contributed by atoms with Crippen LogP contribution in [0.15, 0.2) is 0 Å². The van der Waals surface area contributed by atoms with Crippen molar-refractivity contribution in [2.75, 3.05) is 30.3 Å². The van der Waals surface area contributed by atoms with Crippen molar-refractivity contribution >= 4 is 11.9 Å². The number of ether oxygens (including phenoxy) is 1. The maximum Gasteiger partial charge on any atom is 0.323 e. The fourth-order valence-corrected chi connectivity index (χ4v) is 2.14. The maximum absolute atomic E-state index is 5.69. The minimum absolute atomic E-state index is 0.217. The molecule has 2 rings (SSSR count). The Morgan fingerprint density at radius 2 is 2.06 bits per heavy atom. The summed E-state index contributed by atoms with van der Waals surface area (Å²) in [5, 5.41) is 0. The van der Waals surface area contributed by atoms with Gasteiger partial charge in [-0.2, -0.15) is 15.0 Å². The van der Waals surface area contributed by atoms with E-state index in [0.717, 1.165) is 25.4 Å². The van der Waals surface area contributed by atoms with Crippen LogP contribution >= 0.6 is 0 Å². The fourth-order valence-electron chi connectivity index (χ4n) is 2.14. The predicted molar refractivity (Wildman–Crippen MR) is 70.6 cm³/mol. The smallest absolute Gasteiger partial charge is 0.323 e. The van der Waals surface area contributed by atoms with Crippen LogP contribution in [0.3, 0.4) is 0 Å². The van der Waals surface area contributed by atoms with Crippen LogP contribution in [0.2, 0.25) is 0 Å². The van der Waals surface area contributed by atoms with Crippen LogP contribution in [-0.2, 0) is 0 Å². The van der Waals surface area contributed by atoms with Gasteiger partial charge in [0.2, 0.25) is 11.9 Å². The van der Waals surface area contributed by atoms with Crippen molar-refractivity contribution in [3.8, 4) is 6.01 Å². The highest BCUT2D eigenvalue weighted by Crippen LogP contribution is 2.25. The van der Waals surface area contributed by atoms with E-state index in [-0.39, 0.29) is 5.95 Å². The van der Waals surface area contributed by atoms with Crippen LogP contribution in [0.4, 0.5) is 11.9 Å². The molecule has 2 heterocycles. The van der Waals surface area contributed by atoms with Crippen LogP contribution in [0.5, 0.6) is 6.01 Å². The molecule has 0 spiro atoms. The minimum atomic E-state index is 0.217. The number of nitrogens with zero attached hydrogens (tertiary/aromatic N) is 4. The molecule has 0 amide bonds. The molecule has 1 aromatic heterocycles. The molecule has 0 aliphatic carbocycles. The molecule has 2 N–H and O–H groups in total. The van der Waals surface area contributed by atoms with Crippen molar-refractivity contribution in [1.82, 2.24) is 15.0 Å². The molecule has 1 aliphatic rings. The number of hydrogen-bond donors (Lipinski definition) is 1. The topological polar surface area (TPSA) is 77.2 Å². The van der Waals surface area contributed by atoms with Crippen molar-refractivity contribution < 1.29 is 4.74 Å². The van der Waals surface area contributed by atoms with E-state index < -0.39 is 0 Å². The van der Waals surface area contributed by atoms with Gasteiger partial charge in [0.05, 0.1) is 6.61 Å². The lowest BCUT2D eigenvalue weighted by Gasteiger charge is -2.35. The van der Waals surface area contributed by atoms with Crippen molar-refractivity contribution in [2.45, 2.75) is 27.2 Å². The highest BCUT2D eigenvalue weighted by Gasteiger charge is 2.25. The third-order valence-corrected chi connectivity index (χ3v) is 3.51. The molecule has 1 aliphatic heterocycles. The maximum atomic E-state index is 5.69. The molecule has 1 fully saturated rings. The van der Waals surface area contributed by atoms with Gasteiger partial charge in [0.15, 0.2) is 0 Å². The number of anilines is 2. The number of piperidine rings is 1. The van der Waals surface area contributed by atoms with Gasteiger partial charge >= 0.3 is 6.01 Å². The monoisotopic (exact) mass is 251 g/mol. The molecule has 0 radical (unpaired) electrons. The normalized spacial score (nSPS) is 24.1. The summed E-state index contributed by atoms with van der Waals surface area (Å²) in [5.41, 5.74) is 5.69. The minimum Gasteiger partial charge on any atom is -0.464 e. The lowest BCUT2D eigenvalue weighted by molar-refractivity contribution is 0.306. The Morgan fingerprint density at radius 1 is 1.28 bits per heavy atom. The highest BCUT2D eigenvalue weighted by molar-refractivity contribution is 5.36. The highest BCUT2D eigenvalue weighted by atomic mass is 16.5. The summed E-state index contributed by atoms with van der Waals surface area (Å²) >= 11 is 0. The van der Waals surface area contributed by atoms with E-state index in [2.05, 4.69) is 33.7 Å². The average molecular weight is 251 g/mol. The van der Waals surface area contributed by atoms with Gasteiger partial charge in [-0.3, -0.25) is 0 Å². The van der Waals surface area contributed by atoms with Crippen molar-refractivity contribution in [2.24, 2.45) is 11.8 Å². The predicted octanol–water partition coefficient (Wildman–Crippen LogP) is 1.33. The second-order valence-corrected chi connectivity index (χ2v) is 4.90. The van der Waals surface area contributed by atoms with E-state index in [0.29, 0.717) is 24.5 Å². The third kappa shape index (κ3) is 2.80. The first-order valence-electron chi connectivity index (χ1n) is 6.49. The number of nitrogen functional groups attached to an aromatic ring is 1. The molecule has 0 bridgehead atoms. The summed E-state index contributed by atoms with van der Waals surface area (Å²) in [7, 11) is 0. The van der Waals surface area contributed by atoms with E-state index in [1.165, 1.54) is 0 Å². The quantitative estimate of drug-likeness (QED) is 0.873. The van der Waals surface area contributed by atoms with Crippen LogP contribution in [-0.4, -0.2) is 34.6 Å². The first-order valence-corrected chi connectivity index (χ1v) is 6.49. The first-order chi connectivity index (χ1) is 8.60. The Labute approximate surface area is 108 Å². The van der Waals surface area contributed by atoms with Gasteiger partial charge in [-0.25, -0.2) is 0 Å². The van der Waals surface area contributed by atoms with Crippen molar-refractivity contribution in [3.63, 3.8) is 0 Å². The van der Waals surface area contributed by atoms with E-state index in [9.17, 15) is 0 Å². The Hall–Kier alpha value is -1.59. The summed E-state index contributed by atoms with van der Waals surface area (Å²) in [6.45, 7) is 8.87. The Kier molecular flexibility index (Phi) is 3.84. The van der Waals surface area contributed by atoms with E-state index in [1.54, 1.807) is 0 Å². The molecular formula is C12H21N5O. The van der Waals surface area contributed by atoms with Gasteiger partial charge in [0, 0.05) is 13.1 Å². The second-order valence-electron chi connectivity index (χ2n) is 4.90. The standard InChI is InChI=1S/C12H21N5O/c1-4-18-12-15-10(13)14-11(16-12)17-6-5-8(2)9(3)7-17/h8-9H,4-7H2,1-3H3,(H2,13,14,15,16). The zero-order valence-corrected chi connectivity index (χ0v) is 11.3. The molecule has 2 atom stereocenters. The molecule has 100 valence electrons. The number of nitrogens with two attached hydrogens (primary N) is 1. The Morgan fingerprint density at radius 3 is 2.72 bits per heavy atom. The van der Waals surface area contributed by atoms with Crippen LogP contribution in [0.25, 0.3) is 0 Å². The Bertz CT molecular complexity index is 411. The SMILES string of the molecule is CCOc1nc(N)nc(N2CCC(C)C(C)C2)n1. The first kappa shape index (κ1) is 12.9.